The van der Waals surface area contributed by atoms with Crippen molar-refractivity contribution < 1.29 is 13.2 Å². The second kappa shape index (κ2) is 9.68. The number of pyridine rings is 1. The summed E-state index contributed by atoms with van der Waals surface area (Å²) >= 11 is 12.5. The Morgan fingerprint density at radius 3 is 2.85 bits per heavy atom. The molecule has 1 aliphatic heterocycles. The molecule has 1 saturated heterocycles. The molecule has 0 unspecified atom stereocenters. The molecule has 0 amide bonds. The summed E-state index contributed by atoms with van der Waals surface area (Å²) < 4.78 is 32.9. The molecule has 0 aliphatic carbocycles. The fourth-order valence-electron chi connectivity index (χ4n) is 3.62. The molecule has 9 nitrogen and oxygen atoms in total. The minimum Gasteiger partial charge on any atom is -0.472 e. The summed E-state index contributed by atoms with van der Waals surface area (Å²) in [5.41, 5.74) is 1.53. The molecule has 2 aromatic heterocycles. The number of sulfonamides is 1. The molecule has 4 rings (SSSR count). The van der Waals surface area contributed by atoms with Crippen LogP contribution in [0.15, 0.2) is 52.4 Å². The van der Waals surface area contributed by atoms with Gasteiger partial charge in [0.1, 0.15) is 11.1 Å². The lowest BCUT2D eigenvalue weighted by molar-refractivity contribution is 0.216. The molecular weight excluding hydrogens is 489 g/mol. The molecule has 0 spiro atoms. The highest BCUT2D eigenvalue weighted by Crippen LogP contribution is 2.32. The number of halogens is 2. The van der Waals surface area contributed by atoms with Gasteiger partial charge in [0.25, 0.3) is 5.56 Å². The Labute approximate surface area is 200 Å². The topological polar surface area (TPSA) is 117 Å². The van der Waals surface area contributed by atoms with Gasteiger partial charge in [-0.25, -0.2) is 23.2 Å². The van der Waals surface area contributed by atoms with Crippen LogP contribution >= 0.6 is 23.2 Å². The third-order valence-corrected chi connectivity index (χ3v) is 7.40. The van der Waals surface area contributed by atoms with Crippen molar-refractivity contribution in [2.24, 2.45) is 0 Å². The standard InChI is InChI=1S/C21H21Cl2N5O4S/c1-2-26-33(30,31)15-3-4-16(17(22)10-15)13-5-7-24-19(9-13)32-14-6-8-28(12-14)18-11-25-27-21(29)20(18)23/h3-5,7,9-11,14,26H,2,6,8,12H2,1H3,(H,27,29)/t14-/m1/s1. The average molecular weight is 510 g/mol. The van der Waals surface area contributed by atoms with Crippen LogP contribution in [0.4, 0.5) is 5.69 Å². The maximum absolute atomic E-state index is 12.2. The number of ether oxygens (including phenoxy) is 1. The average Bonchev–Trinajstić information content (AvgIpc) is 3.24. The molecule has 12 heteroatoms. The molecular formula is C21H21Cl2N5O4S. The molecule has 3 heterocycles. The van der Waals surface area contributed by atoms with Crippen LogP contribution in [-0.2, 0) is 10.0 Å². The number of rotatable bonds is 7. The molecule has 0 saturated carbocycles. The third kappa shape index (κ3) is 5.14. The van der Waals surface area contributed by atoms with Crippen molar-refractivity contribution in [1.29, 1.82) is 0 Å². The highest BCUT2D eigenvalue weighted by atomic mass is 35.5. The van der Waals surface area contributed by atoms with E-state index in [0.717, 1.165) is 5.56 Å². The van der Waals surface area contributed by atoms with Gasteiger partial charge in [-0.05, 0) is 23.8 Å². The number of H-pyrrole nitrogens is 1. The van der Waals surface area contributed by atoms with Gasteiger partial charge in [0.15, 0.2) is 0 Å². The van der Waals surface area contributed by atoms with Crippen molar-refractivity contribution in [1.82, 2.24) is 19.9 Å². The summed E-state index contributed by atoms with van der Waals surface area (Å²) in [5.74, 6) is 0.412. The Bertz CT molecular complexity index is 1330. The number of aromatic nitrogens is 3. The van der Waals surface area contributed by atoms with Crippen molar-refractivity contribution in [3.63, 3.8) is 0 Å². The van der Waals surface area contributed by atoms with Crippen LogP contribution in [0.25, 0.3) is 11.1 Å². The zero-order valence-electron chi connectivity index (χ0n) is 17.6. The van der Waals surface area contributed by atoms with E-state index in [0.29, 0.717) is 41.7 Å². The maximum Gasteiger partial charge on any atom is 0.285 e. The number of nitrogens with zero attached hydrogens (tertiary/aromatic N) is 3. The number of hydrogen-bond donors (Lipinski definition) is 2. The van der Waals surface area contributed by atoms with Crippen LogP contribution in [0, 0.1) is 0 Å². The van der Waals surface area contributed by atoms with Crippen molar-refractivity contribution in [2.75, 3.05) is 24.5 Å². The second-order valence-corrected chi connectivity index (χ2v) is 9.95. The molecule has 1 atom stereocenters. The molecule has 33 heavy (non-hydrogen) atoms. The monoisotopic (exact) mass is 509 g/mol. The highest BCUT2D eigenvalue weighted by molar-refractivity contribution is 7.89. The van der Waals surface area contributed by atoms with Gasteiger partial charge in [-0.15, -0.1) is 0 Å². The number of hydrogen-bond acceptors (Lipinski definition) is 7. The predicted octanol–water partition coefficient (Wildman–Crippen LogP) is 3.09. The van der Waals surface area contributed by atoms with Gasteiger partial charge < -0.3 is 9.64 Å². The summed E-state index contributed by atoms with van der Waals surface area (Å²) in [6.45, 7) is 3.17. The van der Waals surface area contributed by atoms with E-state index in [1.54, 1.807) is 31.3 Å². The third-order valence-electron chi connectivity index (χ3n) is 5.18. The maximum atomic E-state index is 12.2. The van der Waals surface area contributed by atoms with Gasteiger partial charge in [-0.2, -0.15) is 5.10 Å². The number of aromatic amines is 1. The van der Waals surface area contributed by atoms with Gasteiger partial charge in [0.2, 0.25) is 15.9 Å². The Morgan fingerprint density at radius 2 is 2.09 bits per heavy atom. The highest BCUT2D eigenvalue weighted by Gasteiger charge is 2.27. The Kier molecular flexibility index (Phi) is 6.89. The lowest BCUT2D eigenvalue weighted by atomic mass is 10.1. The van der Waals surface area contributed by atoms with Crippen molar-refractivity contribution >= 4 is 38.9 Å². The minimum atomic E-state index is -3.60. The number of nitrogens with one attached hydrogen (secondary N) is 2. The van der Waals surface area contributed by atoms with Crippen LogP contribution in [0.2, 0.25) is 10.0 Å². The smallest absolute Gasteiger partial charge is 0.285 e. The van der Waals surface area contributed by atoms with E-state index in [9.17, 15) is 13.2 Å². The van der Waals surface area contributed by atoms with Gasteiger partial charge in [0, 0.05) is 42.4 Å². The molecule has 2 N–H and O–H groups in total. The van der Waals surface area contributed by atoms with E-state index >= 15 is 0 Å². The van der Waals surface area contributed by atoms with Crippen molar-refractivity contribution in [2.45, 2.75) is 24.3 Å². The first kappa shape index (κ1) is 23.5. The summed E-state index contributed by atoms with van der Waals surface area (Å²) in [4.78, 5) is 18.0. The van der Waals surface area contributed by atoms with E-state index in [1.165, 1.54) is 18.3 Å². The van der Waals surface area contributed by atoms with E-state index in [4.69, 9.17) is 27.9 Å². The lowest BCUT2D eigenvalue weighted by Gasteiger charge is -2.19. The summed E-state index contributed by atoms with van der Waals surface area (Å²) in [5, 5.41) is 6.52. The first-order chi connectivity index (χ1) is 15.8. The van der Waals surface area contributed by atoms with Gasteiger partial charge in [0.05, 0.1) is 23.3 Å². The molecule has 1 fully saturated rings. The number of anilines is 1. The normalized spacial score (nSPS) is 16.2. The van der Waals surface area contributed by atoms with E-state index in [1.807, 2.05) is 4.90 Å². The van der Waals surface area contributed by atoms with Crippen LogP contribution in [0.1, 0.15) is 13.3 Å². The molecule has 1 aliphatic rings. The summed E-state index contributed by atoms with van der Waals surface area (Å²) in [6.07, 6.45) is 3.68. The van der Waals surface area contributed by atoms with Crippen LogP contribution in [0.5, 0.6) is 5.88 Å². The largest absolute Gasteiger partial charge is 0.472 e. The molecule has 174 valence electrons. The van der Waals surface area contributed by atoms with Gasteiger partial charge >= 0.3 is 0 Å². The molecule has 0 bridgehead atoms. The quantitative estimate of drug-likeness (QED) is 0.502. The number of benzene rings is 1. The Hall–Kier alpha value is -2.66. The van der Waals surface area contributed by atoms with Gasteiger partial charge in [-0.1, -0.05) is 36.2 Å². The summed E-state index contributed by atoms with van der Waals surface area (Å²) in [7, 11) is -3.60. The van der Waals surface area contributed by atoms with Crippen molar-refractivity contribution in [3.8, 4) is 17.0 Å². The van der Waals surface area contributed by atoms with Crippen LogP contribution in [-0.4, -0.2) is 49.3 Å². The zero-order chi connectivity index (χ0) is 23.6. The van der Waals surface area contributed by atoms with E-state index < -0.39 is 15.6 Å². The fraction of sp³-hybridized carbons (Fsp3) is 0.286. The van der Waals surface area contributed by atoms with E-state index in [-0.39, 0.29) is 22.6 Å². The van der Waals surface area contributed by atoms with Crippen LogP contribution in [0.3, 0.4) is 0 Å². The first-order valence-corrected chi connectivity index (χ1v) is 12.4. The fourth-order valence-corrected chi connectivity index (χ4v) is 5.25. The first-order valence-electron chi connectivity index (χ1n) is 10.2. The summed E-state index contributed by atoms with van der Waals surface area (Å²) in [6, 6.07) is 8.11. The SMILES string of the molecule is CCNS(=O)(=O)c1ccc(-c2ccnc(O[C@@H]3CCN(c4cn[nH]c(=O)c4Cl)C3)c2)c(Cl)c1. The second-order valence-electron chi connectivity index (χ2n) is 7.40. The molecule has 1 aromatic carbocycles. The molecule has 0 radical (unpaired) electrons. The lowest BCUT2D eigenvalue weighted by Crippen LogP contribution is -2.26. The minimum absolute atomic E-state index is 0.0972. The van der Waals surface area contributed by atoms with E-state index in [2.05, 4.69) is 19.9 Å². The van der Waals surface area contributed by atoms with Crippen LogP contribution < -0.4 is 19.9 Å². The Balaban J connectivity index is 1.50. The van der Waals surface area contributed by atoms with Gasteiger partial charge in [-0.3, -0.25) is 4.79 Å². The molecule has 3 aromatic rings. The predicted molar refractivity (Wildman–Crippen MR) is 127 cm³/mol. The zero-order valence-corrected chi connectivity index (χ0v) is 19.9. The Morgan fingerprint density at radius 1 is 1.27 bits per heavy atom. The van der Waals surface area contributed by atoms with Crippen molar-refractivity contribution in [3.05, 3.63) is 63.1 Å².